The molecule has 210 valence electrons. The number of alkyl carbamates (subject to hydrolysis) is 1. The van der Waals surface area contributed by atoms with Gasteiger partial charge >= 0.3 is 6.09 Å². The highest BCUT2D eigenvalue weighted by molar-refractivity contribution is 8.17. The van der Waals surface area contributed by atoms with E-state index in [2.05, 4.69) is 28.8 Å². The lowest BCUT2D eigenvalue weighted by molar-refractivity contribution is -0.126. The van der Waals surface area contributed by atoms with Crippen molar-refractivity contribution in [3.63, 3.8) is 0 Å². The van der Waals surface area contributed by atoms with Crippen LogP contribution >= 0.6 is 10.5 Å². The average molecular weight is 568 g/mol. The van der Waals surface area contributed by atoms with Crippen LogP contribution < -0.4 is 10.6 Å². The molecule has 0 spiro atoms. The van der Waals surface area contributed by atoms with Crippen molar-refractivity contribution in [2.45, 2.75) is 44.2 Å². The number of Topliss-reactive ketones (excluding diaryl/α,β-unsaturated/α-hetero) is 1. The van der Waals surface area contributed by atoms with Crippen molar-refractivity contribution in [1.29, 1.82) is 5.26 Å². The molecule has 0 aromatic heterocycles. The number of amides is 2. The summed E-state index contributed by atoms with van der Waals surface area (Å²) in [6, 6.07) is 25.8. The molecule has 1 heterocycles. The number of carbonyl (C=O) groups excluding carboxylic acids is 3. The van der Waals surface area contributed by atoms with E-state index in [1.807, 2.05) is 66.7 Å². The van der Waals surface area contributed by atoms with Gasteiger partial charge in [0.15, 0.2) is 0 Å². The summed E-state index contributed by atoms with van der Waals surface area (Å²) in [5, 5.41) is 15.2. The number of ketones is 1. The molecule has 8 heteroatoms. The van der Waals surface area contributed by atoms with Gasteiger partial charge in [0.25, 0.3) is 0 Å². The maximum atomic E-state index is 13.5. The molecule has 1 fully saturated rings. The highest BCUT2D eigenvalue weighted by Crippen LogP contribution is 2.44. The minimum absolute atomic E-state index is 0.0958. The number of hydrogen-bond donors (Lipinski definition) is 2. The fourth-order valence-electron chi connectivity index (χ4n) is 5.52. The summed E-state index contributed by atoms with van der Waals surface area (Å²) in [6.45, 7) is 1.68. The number of nitrogens with one attached hydrogen (secondary N) is 2. The van der Waals surface area contributed by atoms with E-state index in [1.165, 1.54) is 0 Å². The van der Waals surface area contributed by atoms with Gasteiger partial charge in [-0.2, -0.15) is 15.7 Å². The zero-order valence-corrected chi connectivity index (χ0v) is 23.8. The van der Waals surface area contributed by atoms with Crippen molar-refractivity contribution in [2.24, 2.45) is 0 Å². The van der Waals surface area contributed by atoms with Crippen molar-refractivity contribution >= 4 is 33.1 Å². The first-order valence-corrected chi connectivity index (χ1v) is 15.5. The Hall–Kier alpha value is -4.22. The van der Waals surface area contributed by atoms with Crippen LogP contribution in [0.3, 0.4) is 0 Å². The topological polar surface area (TPSA) is 108 Å². The first-order chi connectivity index (χ1) is 20.0. The fraction of sp³-hybridized carbons (Fsp3) is 0.303. The summed E-state index contributed by atoms with van der Waals surface area (Å²) in [6.07, 6.45) is 1.54. The van der Waals surface area contributed by atoms with Gasteiger partial charge in [-0.3, -0.25) is 9.59 Å². The smallest absolute Gasteiger partial charge is 0.407 e. The van der Waals surface area contributed by atoms with E-state index in [0.29, 0.717) is 0 Å². The molecule has 2 aliphatic rings. The maximum absolute atomic E-state index is 13.5. The van der Waals surface area contributed by atoms with Crippen molar-refractivity contribution in [3.05, 3.63) is 95.6 Å². The average Bonchev–Trinajstić information content (AvgIpc) is 3.63. The quantitative estimate of drug-likeness (QED) is 0.355. The van der Waals surface area contributed by atoms with Crippen LogP contribution in [0.4, 0.5) is 4.79 Å². The third kappa shape index (κ3) is 6.41. The van der Waals surface area contributed by atoms with E-state index in [9.17, 15) is 19.6 Å². The van der Waals surface area contributed by atoms with Crippen LogP contribution in [-0.4, -0.2) is 52.8 Å². The summed E-state index contributed by atoms with van der Waals surface area (Å²) in [5.41, 5.74) is 5.33. The monoisotopic (exact) mass is 567 g/mol. The minimum atomic E-state index is -0.948. The number of ether oxygens (including phenoxy) is 1. The Kier molecular flexibility index (Phi) is 8.95. The Balaban J connectivity index is 1.23. The standard InChI is InChI=1S/C33H33N3O4S/c1-22(35-33(39)40-21-28-26-15-7-5-13-24(26)25-14-6-8-16-27(25)28)32(38)36-29(19-23-11-3-2-4-12-23)31(37)30(20-34)41-17-9-10-18-41/h2-8,11-16,22,28-29H,9-10,17-19,21H2,1H3,(H,35,39)(H,36,38)/t22-,29-/m0/s1. The van der Waals surface area contributed by atoms with Crippen LogP contribution in [0.2, 0.25) is 0 Å². The summed E-state index contributed by atoms with van der Waals surface area (Å²) >= 11 is 0. The zero-order chi connectivity index (χ0) is 28.8. The van der Waals surface area contributed by atoms with Crippen molar-refractivity contribution in [2.75, 3.05) is 18.1 Å². The molecule has 2 N–H and O–H groups in total. The molecular formula is C33H33N3O4S. The molecule has 41 heavy (non-hydrogen) atoms. The number of nitriles is 1. The van der Waals surface area contributed by atoms with Gasteiger partial charge < -0.3 is 15.4 Å². The van der Waals surface area contributed by atoms with Crippen LogP contribution in [0, 0.1) is 11.3 Å². The van der Waals surface area contributed by atoms with Crippen LogP contribution in [0.1, 0.15) is 42.4 Å². The lowest BCUT2D eigenvalue weighted by atomic mass is 9.98. The van der Waals surface area contributed by atoms with E-state index in [4.69, 9.17) is 4.74 Å². The molecular weight excluding hydrogens is 534 g/mol. The summed E-state index contributed by atoms with van der Waals surface area (Å²) in [7, 11) is -0.379. The molecule has 7 nitrogen and oxygen atoms in total. The third-order valence-corrected chi connectivity index (χ3v) is 10.1. The Labute approximate surface area is 242 Å². The third-order valence-electron chi connectivity index (χ3n) is 7.63. The van der Waals surface area contributed by atoms with Crippen LogP contribution in [0.15, 0.2) is 78.9 Å². The molecule has 3 aromatic carbocycles. The molecule has 0 radical (unpaired) electrons. The van der Waals surface area contributed by atoms with Crippen molar-refractivity contribution in [1.82, 2.24) is 10.6 Å². The first kappa shape index (κ1) is 28.3. The maximum Gasteiger partial charge on any atom is 0.407 e. The van der Waals surface area contributed by atoms with Crippen molar-refractivity contribution < 1.29 is 19.1 Å². The number of carbonyl (C=O) groups is 3. The van der Waals surface area contributed by atoms with E-state index >= 15 is 0 Å². The van der Waals surface area contributed by atoms with Gasteiger partial charge in [0.05, 0.1) is 6.04 Å². The molecule has 1 saturated heterocycles. The molecule has 2 amide bonds. The van der Waals surface area contributed by atoms with Gasteiger partial charge in [0.2, 0.25) is 11.7 Å². The normalized spacial score (nSPS) is 15.6. The molecule has 2 atom stereocenters. The van der Waals surface area contributed by atoms with Gasteiger partial charge in [-0.1, -0.05) is 78.9 Å². The Morgan fingerprint density at radius 2 is 1.49 bits per heavy atom. The van der Waals surface area contributed by atoms with E-state index in [-0.39, 0.29) is 40.1 Å². The van der Waals surface area contributed by atoms with Gasteiger partial charge in [-0.25, -0.2) is 4.79 Å². The molecule has 0 bridgehead atoms. The number of benzene rings is 3. The van der Waals surface area contributed by atoms with Crippen molar-refractivity contribution in [3.8, 4) is 17.2 Å². The van der Waals surface area contributed by atoms with E-state index < -0.39 is 24.1 Å². The predicted molar refractivity (Wildman–Crippen MR) is 162 cm³/mol. The van der Waals surface area contributed by atoms with Gasteiger partial charge in [0, 0.05) is 12.3 Å². The Morgan fingerprint density at radius 1 is 0.902 bits per heavy atom. The SMILES string of the molecule is C[C@H](NC(=O)OCC1c2ccccc2-c2ccccc21)C(=O)N[C@@H](Cc1ccccc1)C(=O)C(C#N)=S1CCCC1. The number of rotatable bonds is 9. The lowest BCUT2D eigenvalue weighted by Gasteiger charge is -2.22. The fourth-order valence-corrected chi connectivity index (χ4v) is 7.79. The number of hydrogen-bond acceptors (Lipinski definition) is 5. The minimum Gasteiger partial charge on any atom is -0.449 e. The molecule has 5 rings (SSSR count). The molecule has 0 unspecified atom stereocenters. The largest absolute Gasteiger partial charge is 0.449 e. The van der Waals surface area contributed by atoms with E-state index in [0.717, 1.165) is 52.2 Å². The molecule has 3 aromatic rings. The Morgan fingerprint density at radius 3 is 2.10 bits per heavy atom. The van der Waals surface area contributed by atoms with Crippen LogP contribution in [-0.2, 0) is 20.7 Å². The van der Waals surface area contributed by atoms with Gasteiger partial charge in [-0.05, 0) is 59.1 Å². The summed E-state index contributed by atoms with van der Waals surface area (Å²) in [5.74, 6) is 0.713. The second kappa shape index (κ2) is 13.0. The summed E-state index contributed by atoms with van der Waals surface area (Å²) in [4.78, 5) is 39.7. The van der Waals surface area contributed by atoms with Crippen LogP contribution in [0.5, 0.6) is 0 Å². The molecule has 1 aliphatic carbocycles. The number of fused-ring (bicyclic) bond motifs is 3. The Bertz CT molecular complexity index is 1480. The predicted octanol–water partition coefficient (Wildman–Crippen LogP) is 4.97. The molecule has 0 saturated carbocycles. The van der Waals surface area contributed by atoms with E-state index in [1.54, 1.807) is 6.92 Å². The summed E-state index contributed by atoms with van der Waals surface area (Å²) < 4.78 is 5.59. The van der Waals surface area contributed by atoms with Crippen LogP contribution in [0.25, 0.3) is 11.1 Å². The first-order valence-electron chi connectivity index (χ1n) is 13.9. The highest BCUT2D eigenvalue weighted by atomic mass is 32.2. The second-order valence-corrected chi connectivity index (χ2v) is 12.6. The lowest BCUT2D eigenvalue weighted by Crippen LogP contribution is -2.52. The molecule has 1 aliphatic heterocycles. The second-order valence-electron chi connectivity index (χ2n) is 10.4. The van der Waals surface area contributed by atoms with Gasteiger partial charge in [-0.15, -0.1) is 0 Å². The number of nitrogens with zero attached hydrogens (tertiary/aromatic N) is 1. The zero-order valence-electron chi connectivity index (χ0n) is 23.0. The van der Waals surface area contributed by atoms with Gasteiger partial charge in [0.1, 0.15) is 23.6 Å². The highest BCUT2D eigenvalue weighted by Gasteiger charge is 2.31.